The zero-order valence-electron chi connectivity index (χ0n) is 7.18. The molecule has 0 fully saturated rings. The Bertz CT molecular complexity index is 392. The van der Waals surface area contributed by atoms with Gasteiger partial charge in [0.15, 0.2) is 0 Å². The molecular formula is C8H5F3INO2. The molecule has 0 aliphatic heterocycles. The highest BCUT2D eigenvalue weighted by Crippen LogP contribution is 2.29. The molecule has 1 N–H and O–H groups in total. The molecule has 7 heteroatoms. The van der Waals surface area contributed by atoms with E-state index in [1.165, 1.54) is 0 Å². The number of hydrogen-bond acceptors (Lipinski definition) is 2. The molecule has 0 radical (unpaired) electrons. The fourth-order valence-corrected chi connectivity index (χ4v) is 1.42. The SMILES string of the molecule is O=C(O)Cc1cc(C(F)(F)F)ncc1I. The number of nitrogens with zero attached hydrogens (tertiary/aromatic N) is 1. The third kappa shape index (κ3) is 3.33. The predicted octanol–water partition coefficient (Wildman–Crippen LogP) is 2.33. The van der Waals surface area contributed by atoms with E-state index < -0.39 is 24.3 Å². The van der Waals surface area contributed by atoms with Gasteiger partial charge in [-0.2, -0.15) is 13.2 Å². The second kappa shape index (κ2) is 4.33. The quantitative estimate of drug-likeness (QED) is 0.847. The van der Waals surface area contributed by atoms with Gasteiger partial charge in [0.25, 0.3) is 0 Å². The van der Waals surface area contributed by atoms with Crippen LogP contribution in [0.5, 0.6) is 0 Å². The summed E-state index contributed by atoms with van der Waals surface area (Å²) in [5, 5.41) is 8.48. The van der Waals surface area contributed by atoms with Crippen LogP contribution in [-0.4, -0.2) is 16.1 Å². The molecule has 0 saturated heterocycles. The molecule has 0 aliphatic carbocycles. The van der Waals surface area contributed by atoms with Crippen LogP contribution >= 0.6 is 22.6 Å². The summed E-state index contributed by atoms with van der Waals surface area (Å²) < 4.78 is 37.1. The molecular weight excluding hydrogens is 326 g/mol. The van der Waals surface area contributed by atoms with E-state index in [1.54, 1.807) is 22.6 Å². The van der Waals surface area contributed by atoms with E-state index >= 15 is 0 Å². The van der Waals surface area contributed by atoms with Gasteiger partial charge in [0.05, 0.1) is 6.42 Å². The zero-order valence-corrected chi connectivity index (χ0v) is 9.33. The Kier molecular flexibility index (Phi) is 3.53. The van der Waals surface area contributed by atoms with E-state index in [9.17, 15) is 18.0 Å². The third-order valence-electron chi connectivity index (χ3n) is 1.57. The lowest BCUT2D eigenvalue weighted by Gasteiger charge is -2.08. The van der Waals surface area contributed by atoms with Gasteiger partial charge in [-0.3, -0.25) is 9.78 Å². The predicted molar refractivity (Wildman–Crippen MR) is 53.3 cm³/mol. The minimum absolute atomic E-state index is 0.116. The minimum atomic E-state index is -4.54. The number of hydrogen-bond donors (Lipinski definition) is 1. The van der Waals surface area contributed by atoms with Crippen LogP contribution in [0.2, 0.25) is 0 Å². The molecule has 0 bridgehead atoms. The van der Waals surface area contributed by atoms with Gasteiger partial charge in [0.2, 0.25) is 0 Å². The van der Waals surface area contributed by atoms with Crippen molar-refractivity contribution in [1.82, 2.24) is 4.98 Å². The third-order valence-corrected chi connectivity index (χ3v) is 2.54. The van der Waals surface area contributed by atoms with E-state index in [0.29, 0.717) is 3.57 Å². The van der Waals surface area contributed by atoms with Crippen molar-refractivity contribution in [3.05, 3.63) is 27.1 Å². The molecule has 1 heterocycles. The normalized spacial score (nSPS) is 11.5. The number of carbonyl (C=O) groups is 1. The molecule has 0 spiro atoms. The number of aromatic nitrogens is 1. The number of rotatable bonds is 2. The number of pyridine rings is 1. The largest absolute Gasteiger partial charge is 0.481 e. The van der Waals surface area contributed by atoms with Crippen molar-refractivity contribution in [3.63, 3.8) is 0 Å². The fraction of sp³-hybridized carbons (Fsp3) is 0.250. The number of halogens is 4. The van der Waals surface area contributed by atoms with E-state index in [1.807, 2.05) is 0 Å². The van der Waals surface area contributed by atoms with Gasteiger partial charge in [-0.25, -0.2) is 0 Å². The average molecular weight is 331 g/mol. The summed E-state index contributed by atoms with van der Waals surface area (Å²) in [5.74, 6) is -1.17. The van der Waals surface area contributed by atoms with Crippen LogP contribution in [0.25, 0.3) is 0 Å². The Morgan fingerprint density at radius 2 is 2.13 bits per heavy atom. The first-order chi connectivity index (χ1) is 6.80. The van der Waals surface area contributed by atoms with Gasteiger partial charge in [0.1, 0.15) is 5.69 Å². The zero-order chi connectivity index (χ0) is 11.6. The van der Waals surface area contributed by atoms with E-state index in [-0.39, 0.29) is 5.56 Å². The van der Waals surface area contributed by atoms with Gasteiger partial charge in [-0.15, -0.1) is 0 Å². The van der Waals surface area contributed by atoms with Crippen LogP contribution in [-0.2, 0) is 17.4 Å². The highest BCUT2D eigenvalue weighted by Gasteiger charge is 2.32. The minimum Gasteiger partial charge on any atom is -0.481 e. The van der Waals surface area contributed by atoms with Crippen LogP contribution in [0.4, 0.5) is 13.2 Å². The van der Waals surface area contributed by atoms with Crippen LogP contribution in [0, 0.1) is 3.57 Å². The first-order valence-corrected chi connectivity index (χ1v) is 4.82. The van der Waals surface area contributed by atoms with Crippen LogP contribution in [0.1, 0.15) is 11.3 Å². The molecule has 0 atom stereocenters. The Hall–Kier alpha value is -0.860. The van der Waals surface area contributed by atoms with Crippen molar-refractivity contribution < 1.29 is 23.1 Å². The number of alkyl halides is 3. The summed E-state index contributed by atoms with van der Waals surface area (Å²) in [5.41, 5.74) is -0.954. The van der Waals surface area contributed by atoms with Crippen molar-refractivity contribution in [1.29, 1.82) is 0 Å². The van der Waals surface area contributed by atoms with Crippen LogP contribution in [0.15, 0.2) is 12.3 Å². The highest BCUT2D eigenvalue weighted by molar-refractivity contribution is 14.1. The van der Waals surface area contributed by atoms with Crippen LogP contribution < -0.4 is 0 Å². The molecule has 15 heavy (non-hydrogen) atoms. The lowest BCUT2D eigenvalue weighted by molar-refractivity contribution is -0.141. The first-order valence-electron chi connectivity index (χ1n) is 3.74. The monoisotopic (exact) mass is 331 g/mol. The van der Waals surface area contributed by atoms with Gasteiger partial charge in [0, 0.05) is 9.77 Å². The number of aliphatic carboxylic acids is 1. The van der Waals surface area contributed by atoms with Gasteiger partial charge in [-0.1, -0.05) is 0 Å². The smallest absolute Gasteiger partial charge is 0.433 e. The summed E-state index contributed by atoms with van der Waals surface area (Å²) in [6.07, 6.45) is -3.97. The van der Waals surface area contributed by atoms with Crippen molar-refractivity contribution in [2.24, 2.45) is 0 Å². The topological polar surface area (TPSA) is 50.2 Å². The second-order valence-electron chi connectivity index (χ2n) is 2.73. The number of carboxylic acids is 1. The van der Waals surface area contributed by atoms with Gasteiger partial charge in [-0.05, 0) is 34.2 Å². The maximum atomic E-state index is 12.2. The molecule has 0 aromatic carbocycles. The number of carboxylic acid groups (broad SMARTS) is 1. The summed E-state index contributed by atoms with van der Waals surface area (Å²) in [6.45, 7) is 0. The lowest BCUT2D eigenvalue weighted by atomic mass is 10.1. The van der Waals surface area contributed by atoms with Crippen molar-refractivity contribution >= 4 is 28.6 Å². The van der Waals surface area contributed by atoms with Crippen molar-refractivity contribution in [3.8, 4) is 0 Å². The lowest BCUT2D eigenvalue weighted by Crippen LogP contribution is -2.11. The fourth-order valence-electron chi connectivity index (χ4n) is 0.934. The molecule has 0 unspecified atom stereocenters. The van der Waals surface area contributed by atoms with Crippen molar-refractivity contribution in [2.45, 2.75) is 12.6 Å². The molecule has 0 aliphatic rings. The summed E-state index contributed by atoms with van der Waals surface area (Å²) in [4.78, 5) is 13.6. The molecule has 0 saturated carbocycles. The molecule has 1 rings (SSSR count). The Labute approximate surface area is 96.5 Å². The molecule has 0 amide bonds. The summed E-state index contributed by atoms with van der Waals surface area (Å²) in [6, 6.07) is 0.760. The van der Waals surface area contributed by atoms with Crippen LogP contribution in [0.3, 0.4) is 0 Å². The van der Waals surface area contributed by atoms with Gasteiger partial charge >= 0.3 is 12.1 Å². The maximum Gasteiger partial charge on any atom is 0.433 e. The maximum absolute atomic E-state index is 12.2. The highest BCUT2D eigenvalue weighted by atomic mass is 127. The average Bonchev–Trinajstić information content (AvgIpc) is 2.06. The Morgan fingerprint density at radius 3 is 2.60 bits per heavy atom. The molecule has 3 nitrogen and oxygen atoms in total. The first kappa shape index (κ1) is 12.2. The standard InChI is InChI=1S/C8H5F3INO2/c9-8(10,11)6-1-4(2-7(14)15)5(12)3-13-6/h1,3H,2H2,(H,14,15). The summed E-state index contributed by atoms with van der Waals surface area (Å²) in [7, 11) is 0. The van der Waals surface area contributed by atoms with Gasteiger partial charge < -0.3 is 5.11 Å². The molecule has 1 aromatic heterocycles. The van der Waals surface area contributed by atoms with E-state index in [2.05, 4.69) is 4.98 Å². The molecule has 1 aromatic rings. The van der Waals surface area contributed by atoms with Crippen molar-refractivity contribution in [2.75, 3.05) is 0 Å². The van der Waals surface area contributed by atoms with E-state index in [0.717, 1.165) is 12.3 Å². The Balaban J connectivity index is 3.11. The Morgan fingerprint density at radius 1 is 1.53 bits per heavy atom. The van der Waals surface area contributed by atoms with E-state index in [4.69, 9.17) is 5.11 Å². The second-order valence-corrected chi connectivity index (χ2v) is 3.89. The molecule has 82 valence electrons. The summed E-state index contributed by atoms with van der Waals surface area (Å²) >= 11 is 1.75.